The van der Waals surface area contributed by atoms with Crippen LogP contribution in [-0.2, 0) is 6.54 Å². The van der Waals surface area contributed by atoms with Crippen molar-refractivity contribution in [2.24, 2.45) is 0 Å². The van der Waals surface area contributed by atoms with Crippen LogP contribution in [0.1, 0.15) is 22.8 Å². The zero-order valence-corrected chi connectivity index (χ0v) is 14.8. The normalized spacial score (nSPS) is 11.0. The maximum atomic E-state index is 12.3. The topological polar surface area (TPSA) is 69.7 Å². The van der Waals surface area contributed by atoms with Crippen LogP contribution in [0.4, 0.5) is 13.2 Å². The van der Waals surface area contributed by atoms with Crippen LogP contribution in [0.2, 0.25) is 0 Å². The molecule has 0 aliphatic heterocycles. The van der Waals surface area contributed by atoms with Gasteiger partial charge in [0.25, 0.3) is 5.91 Å². The third-order valence-corrected chi connectivity index (χ3v) is 3.39. The number of methoxy groups -OCH3 is 1. The Morgan fingerprint density at radius 1 is 1.19 bits per heavy atom. The quantitative estimate of drug-likeness (QED) is 0.756. The summed E-state index contributed by atoms with van der Waals surface area (Å²) in [5.74, 6) is 0.299. The van der Waals surface area contributed by atoms with Gasteiger partial charge in [-0.1, -0.05) is 6.07 Å². The van der Waals surface area contributed by atoms with Gasteiger partial charge in [-0.05, 0) is 31.2 Å². The number of hydrogen-bond acceptors (Lipinski definition) is 5. The van der Waals surface area contributed by atoms with Gasteiger partial charge in [0.05, 0.1) is 13.7 Å². The zero-order valence-electron chi connectivity index (χ0n) is 14.8. The minimum atomic E-state index is -4.48. The molecule has 0 radical (unpaired) electrons. The van der Waals surface area contributed by atoms with Crippen molar-refractivity contribution in [3.63, 3.8) is 0 Å². The minimum absolute atomic E-state index is 0.0462. The number of carbonyl (C=O) groups is 1. The Labute approximate surface area is 154 Å². The van der Waals surface area contributed by atoms with E-state index in [1.54, 1.807) is 18.2 Å². The molecule has 2 rings (SSSR count). The molecule has 0 saturated heterocycles. The molecular weight excluding hydrogens is 365 g/mol. The summed E-state index contributed by atoms with van der Waals surface area (Å²) in [4.78, 5) is 16.1. The van der Waals surface area contributed by atoms with Crippen LogP contribution in [0, 0.1) is 0 Å². The molecular formula is C18H19F3N2O4. The lowest BCUT2D eigenvalue weighted by Gasteiger charge is -2.13. The SMILES string of the molecule is CCOc1ccc(C(=O)NCc2cccnc2OCC(F)(F)F)cc1OC. The summed E-state index contributed by atoms with van der Waals surface area (Å²) >= 11 is 0. The first kappa shape index (κ1) is 20.3. The first-order chi connectivity index (χ1) is 12.8. The number of aromatic nitrogens is 1. The number of hydrogen-bond donors (Lipinski definition) is 1. The van der Waals surface area contributed by atoms with Gasteiger partial charge in [0, 0.05) is 23.9 Å². The predicted molar refractivity (Wildman–Crippen MR) is 91.1 cm³/mol. The molecule has 0 fully saturated rings. The highest BCUT2D eigenvalue weighted by Crippen LogP contribution is 2.28. The molecule has 27 heavy (non-hydrogen) atoms. The van der Waals surface area contributed by atoms with Crippen molar-refractivity contribution in [3.8, 4) is 17.4 Å². The van der Waals surface area contributed by atoms with Gasteiger partial charge in [-0.2, -0.15) is 13.2 Å². The smallest absolute Gasteiger partial charge is 0.422 e. The molecule has 0 spiro atoms. The number of pyridine rings is 1. The van der Waals surface area contributed by atoms with Crippen LogP contribution in [0.25, 0.3) is 0 Å². The van der Waals surface area contributed by atoms with Gasteiger partial charge >= 0.3 is 6.18 Å². The number of carbonyl (C=O) groups excluding carboxylic acids is 1. The van der Waals surface area contributed by atoms with Crippen LogP contribution in [0.15, 0.2) is 36.5 Å². The molecule has 6 nitrogen and oxygen atoms in total. The third kappa shape index (κ3) is 6.05. The van der Waals surface area contributed by atoms with Crippen LogP contribution >= 0.6 is 0 Å². The Morgan fingerprint density at radius 2 is 1.96 bits per heavy atom. The molecule has 1 aromatic heterocycles. The Hall–Kier alpha value is -2.97. The van der Waals surface area contributed by atoms with E-state index in [1.807, 2.05) is 6.92 Å². The van der Waals surface area contributed by atoms with Crippen molar-refractivity contribution in [2.75, 3.05) is 20.3 Å². The minimum Gasteiger partial charge on any atom is -0.493 e. The van der Waals surface area contributed by atoms with E-state index in [0.29, 0.717) is 29.2 Å². The zero-order chi connectivity index (χ0) is 19.9. The van der Waals surface area contributed by atoms with Crippen LogP contribution in [-0.4, -0.2) is 37.4 Å². The fourth-order valence-corrected chi connectivity index (χ4v) is 2.20. The Morgan fingerprint density at radius 3 is 2.63 bits per heavy atom. The highest BCUT2D eigenvalue weighted by molar-refractivity contribution is 5.94. The molecule has 9 heteroatoms. The number of nitrogens with one attached hydrogen (secondary N) is 1. The molecule has 1 amide bonds. The van der Waals surface area contributed by atoms with Gasteiger partial charge in [0.2, 0.25) is 5.88 Å². The number of ether oxygens (including phenoxy) is 3. The van der Waals surface area contributed by atoms with E-state index in [2.05, 4.69) is 10.3 Å². The van der Waals surface area contributed by atoms with Crippen LogP contribution < -0.4 is 19.5 Å². The molecule has 146 valence electrons. The summed E-state index contributed by atoms with van der Waals surface area (Å²) < 4.78 is 52.2. The third-order valence-electron chi connectivity index (χ3n) is 3.39. The lowest BCUT2D eigenvalue weighted by Crippen LogP contribution is -2.24. The average Bonchev–Trinajstić information content (AvgIpc) is 2.65. The second-order valence-electron chi connectivity index (χ2n) is 5.35. The van der Waals surface area contributed by atoms with Gasteiger partial charge in [0.15, 0.2) is 18.1 Å². The molecule has 1 aromatic carbocycles. The molecule has 1 N–H and O–H groups in total. The summed E-state index contributed by atoms with van der Waals surface area (Å²) in [7, 11) is 1.46. The predicted octanol–water partition coefficient (Wildman–Crippen LogP) is 3.36. The number of alkyl halides is 3. The maximum absolute atomic E-state index is 12.3. The van der Waals surface area contributed by atoms with Crippen LogP contribution in [0.5, 0.6) is 17.4 Å². The van der Waals surface area contributed by atoms with E-state index >= 15 is 0 Å². The summed E-state index contributed by atoms with van der Waals surface area (Å²) in [5, 5.41) is 2.62. The molecule has 0 aliphatic carbocycles. The largest absolute Gasteiger partial charge is 0.493 e. The Balaban J connectivity index is 2.05. The molecule has 1 heterocycles. The van der Waals surface area contributed by atoms with Crippen molar-refractivity contribution in [3.05, 3.63) is 47.7 Å². The molecule has 0 saturated carbocycles. The Bertz CT molecular complexity index is 781. The Kier molecular flexibility index (Phi) is 6.86. The number of benzene rings is 1. The van der Waals surface area contributed by atoms with Gasteiger partial charge in [-0.3, -0.25) is 4.79 Å². The summed E-state index contributed by atoms with van der Waals surface area (Å²) in [6, 6.07) is 7.76. The highest BCUT2D eigenvalue weighted by atomic mass is 19.4. The van der Waals surface area contributed by atoms with Crippen molar-refractivity contribution in [1.82, 2.24) is 10.3 Å². The number of nitrogens with zero attached hydrogens (tertiary/aromatic N) is 1. The van der Waals surface area contributed by atoms with E-state index in [9.17, 15) is 18.0 Å². The van der Waals surface area contributed by atoms with Crippen molar-refractivity contribution in [2.45, 2.75) is 19.6 Å². The van der Waals surface area contributed by atoms with E-state index in [1.165, 1.54) is 25.4 Å². The van der Waals surface area contributed by atoms with Gasteiger partial charge in [-0.15, -0.1) is 0 Å². The van der Waals surface area contributed by atoms with Gasteiger partial charge < -0.3 is 19.5 Å². The summed E-state index contributed by atoms with van der Waals surface area (Å²) in [6.45, 7) is 0.770. The number of halogens is 3. The summed E-state index contributed by atoms with van der Waals surface area (Å²) in [5.41, 5.74) is 0.643. The second-order valence-corrected chi connectivity index (χ2v) is 5.35. The molecule has 0 atom stereocenters. The molecule has 0 aliphatic rings. The first-order valence-electron chi connectivity index (χ1n) is 8.06. The average molecular weight is 384 g/mol. The van der Waals surface area contributed by atoms with E-state index in [4.69, 9.17) is 14.2 Å². The standard InChI is InChI=1S/C18H19F3N2O4/c1-3-26-14-7-6-12(9-15(14)25-2)16(24)23-10-13-5-4-8-22-17(13)27-11-18(19,20)21/h4-9H,3,10-11H2,1-2H3,(H,23,24). The highest BCUT2D eigenvalue weighted by Gasteiger charge is 2.29. The number of amides is 1. The van der Waals surface area contributed by atoms with Crippen molar-refractivity contribution >= 4 is 5.91 Å². The first-order valence-corrected chi connectivity index (χ1v) is 8.06. The van der Waals surface area contributed by atoms with E-state index < -0.39 is 18.7 Å². The molecule has 2 aromatic rings. The lowest BCUT2D eigenvalue weighted by atomic mass is 10.1. The summed E-state index contributed by atoms with van der Waals surface area (Å²) in [6.07, 6.45) is -3.16. The van der Waals surface area contributed by atoms with Crippen LogP contribution in [0.3, 0.4) is 0 Å². The van der Waals surface area contributed by atoms with E-state index in [0.717, 1.165) is 0 Å². The fourth-order valence-electron chi connectivity index (χ4n) is 2.20. The molecule has 0 unspecified atom stereocenters. The van der Waals surface area contributed by atoms with Crippen molar-refractivity contribution in [1.29, 1.82) is 0 Å². The van der Waals surface area contributed by atoms with E-state index in [-0.39, 0.29) is 12.4 Å². The monoisotopic (exact) mass is 384 g/mol. The van der Waals surface area contributed by atoms with Crippen molar-refractivity contribution < 1.29 is 32.2 Å². The number of rotatable bonds is 8. The molecule has 0 bridgehead atoms. The lowest BCUT2D eigenvalue weighted by molar-refractivity contribution is -0.154. The second kappa shape index (κ2) is 9.11. The fraction of sp³-hybridized carbons (Fsp3) is 0.333. The van der Waals surface area contributed by atoms with Gasteiger partial charge in [0.1, 0.15) is 0 Å². The maximum Gasteiger partial charge on any atom is 0.422 e. The van der Waals surface area contributed by atoms with Gasteiger partial charge in [-0.25, -0.2) is 4.98 Å².